The summed E-state index contributed by atoms with van der Waals surface area (Å²) in [5.74, 6) is 3.11. The number of carbonyl (C=O) groups is 2. The molecule has 63 heavy (non-hydrogen) atoms. The Morgan fingerprint density at radius 3 is 1.37 bits per heavy atom. The number of ketones is 2. The zero-order valence-corrected chi connectivity index (χ0v) is 38.9. The van der Waals surface area contributed by atoms with Crippen LogP contribution >= 0.6 is 11.6 Å². The van der Waals surface area contributed by atoms with Crippen LogP contribution in [-0.4, -0.2) is 154 Å². The number of carbonyl (C=O) groups excluding carboxylic acids is 2. The smallest absolute Gasteiger partial charge is 0.161 e. The van der Waals surface area contributed by atoms with Crippen LogP contribution in [0, 0.1) is 27.7 Å². The highest BCUT2D eigenvalue weighted by Gasteiger charge is 2.22. The van der Waals surface area contributed by atoms with Crippen molar-refractivity contribution in [3.05, 3.63) is 118 Å². The van der Waals surface area contributed by atoms with Gasteiger partial charge in [-0.2, -0.15) is 0 Å². The first-order valence-electron chi connectivity index (χ1n) is 21.9. The number of halogens is 1. The molecule has 0 spiro atoms. The number of alkyl halides is 1. The van der Waals surface area contributed by atoms with E-state index in [0.29, 0.717) is 55.5 Å². The molecule has 6 rings (SSSR count). The van der Waals surface area contributed by atoms with Crippen molar-refractivity contribution in [3.63, 3.8) is 0 Å². The van der Waals surface area contributed by atoms with E-state index in [9.17, 15) is 19.8 Å². The van der Waals surface area contributed by atoms with Gasteiger partial charge in [-0.1, -0.05) is 60.7 Å². The van der Waals surface area contributed by atoms with Crippen molar-refractivity contribution in [1.29, 1.82) is 0 Å². The van der Waals surface area contributed by atoms with E-state index >= 15 is 0 Å². The molecule has 2 aliphatic rings. The third-order valence-corrected chi connectivity index (χ3v) is 11.5. The van der Waals surface area contributed by atoms with Gasteiger partial charge in [-0.05, 0) is 85.3 Å². The van der Waals surface area contributed by atoms with Gasteiger partial charge in [-0.25, -0.2) is 0 Å². The van der Waals surface area contributed by atoms with Crippen LogP contribution in [0.25, 0.3) is 0 Å². The van der Waals surface area contributed by atoms with Crippen molar-refractivity contribution < 1.29 is 38.7 Å². The van der Waals surface area contributed by atoms with Crippen molar-refractivity contribution in [1.82, 2.24) is 20.0 Å². The third-order valence-electron chi connectivity index (χ3n) is 11.2. The first-order chi connectivity index (χ1) is 30.4. The molecule has 0 saturated carbocycles. The predicted molar refractivity (Wildman–Crippen MR) is 251 cm³/mol. The molecule has 0 radical (unpaired) electrons. The number of benzene rings is 4. The maximum absolute atomic E-state index is 12.6. The molecule has 2 aliphatic heterocycles. The number of para-hydroxylation sites is 4. The number of methoxy groups -OCH3 is 2. The second-order valence-corrected chi connectivity index (χ2v) is 16.4. The molecule has 0 aliphatic carbocycles. The molecule has 13 heteroatoms. The van der Waals surface area contributed by atoms with Crippen molar-refractivity contribution in [2.75, 3.05) is 105 Å². The lowest BCUT2D eigenvalue weighted by Gasteiger charge is -2.35. The number of aryl methyl sites for hydroxylation is 4. The first kappa shape index (κ1) is 51.1. The van der Waals surface area contributed by atoms with Crippen LogP contribution in [0.2, 0.25) is 0 Å². The largest absolute Gasteiger partial charge is 0.493 e. The number of rotatable bonds is 19. The summed E-state index contributed by atoms with van der Waals surface area (Å²) in [6.45, 7) is 17.6. The Morgan fingerprint density at radius 1 is 0.571 bits per heavy atom. The monoisotopic (exact) mass is 888 g/mol. The van der Waals surface area contributed by atoms with Gasteiger partial charge in [0.1, 0.15) is 25.4 Å². The Morgan fingerprint density at radius 2 is 0.952 bits per heavy atom. The van der Waals surface area contributed by atoms with E-state index in [1.165, 1.54) is 22.3 Å². The first-order valence-corrected chi connectivity index (χ1v) is 22.4. The van der Waals surface area contributed by atoms with E-state index in [2.05, 4.69) is 46.0 Å². The number of Topliss-reactive ketones (excluding diaryl/α,β-unsaturated/α-hetero) is 2. The second kappa shape index (κ2) is 27.6. The van der Waals surface area contributed by atoms with Crippen molar-refractivity contribution in [3.8, 4) is 23.0 Å². The summed E-state index contributed by atoms with van der Waals surface area (Å²) in [4.78, 5) is 30.4. The molecule has 2 heterocycles. The molecular formula is C50H69ClN4O8. The maximum Gasteiger partial charge on any atom is 0.161 e. The van der Waals surface area contributed by atoms with Crippen LogP contribution in [-0.2, 0) is 22.4 Å². The summed E-state index contributed by atoms with van der Waals surface area (Å²) in [7, 11) is 3.21. The minimum absolute atomic E-state index is 0.0825. The molecule has 2 fully saturated rings. The zero-order valence-electron chi connectivity index (χ0n) is 38.1. The lowest BCUT2D eigenvalue weighted by atomic mass is 9.98. The fourth-order valence-electron chi connectivity index (χ4n) is 7.58. The van der Waals surface area contributed by atoms with Crippen LogP contribution < -0.4 is 24.3 Å². The topological polar surface area (TPSA) is 133 Å². The summed E-state index contributed by atoms with van der Waals surface area (Å²) in [6, 6.07) is 27.1. The number of nitrogens with zero attached hydrogens (tertiary/aromatic N) is 3. The van der Waals surface area contributed by atoms with Gasteiger partial charge in [-0.15, -0.1) is 11.6 Å². The molecule has 0 aromatic heterocycles. The van der Waals surface area contributed by atoms with Crippen molar-refractivity contribution in [2.24, 2.45) is 0 Å². The summed E-state index contributed by atoms with van der Waals surface area (Å²) < 4.78 is 21.8. The van der Waals surface area contributed by atoms with Gasteiger partial charge in [0.05, 0.1) is 26.6 Å². The van der Waals surface area contributed by atoms with Gasteiger partial charge in [0, 0.05) is 78.3 Å². The molecule has 2 unspecified atom stereocenters. The van der Waals surface area contributed by atoms with Crippen LogP contribution in [0.3, 0.4) is 0 Å². The number of nitrogens with one attached hydrogen (secondary N) is 1. The van der Waals surface area contributed by atoms with Crippen LogP contribution in [0.4, 0.5) is 0 Å². The molecule has 344 valence electrons. The SMILES string of the molecule is COc1ccccc1OCC(O)CN1CCN(CC(=O)Cc2c(C)cccc2C)CC1.COc1ccccc1OCC(O)CN1CCNCC1.Cc1cccc(C)c1CC(=O)CCl. The van der Waals surface area contributed by atoms with E-state index in [-0.39, 0.29) is 30.7 Å². The molecule has 0 amide bonds. The zero-order chi connectivity index (χ0) is 45.6. The average molecular weight is 890 g/mol. The number of aliphatic hydroxyl groups is 2. The fourth-order valence-corrected chi connectivity index (χ4v) is 7.67. The molecule has 12 nitrogen and oxygen atoms in total. The highest BCUT2D eigenvalue weighted by Crippen LogP contribution is 2.27. The van der Waals surface area contributed by atoms with Crippen LogP contribution in [0.15, 0.2) is 84.9 Å². The molecule has 2 atom stereocenters. The lowest BCUT2D eigenvalue weighted by molar-refractivity contribution is -0.120. The quantitative estimate of drug-likeness (QED) is 0.103. The molecule has 2 saturated heterocycles. The summed E-state index contributed by atoms with van der Waals surface area (Å²) in [6.07, 6.45) is -0.107. The van der Waals surface area contributed by atoms with Gasteiger partial charge in [0.25, 0.3) is 0 Å². The number of hydrogen-bond acceptors (Lipinski definition) is 12. The normalized spacial score (nSPS) is 15.4. The number of ether oxygens (including phenoxy) is 4. The third kappa shape index (κ3) is 17.9. The Balaban J connectivity index is 0.000000230. The number of aliphatic hydroxyl groups excluding tert-OH is 2. The molecule has 0 bridgehead atoms. The van der Waals surface area contributed by atoms with E-state index < -0.39 is 12.2 Å². The van der Waals surface area contributed by atoms with Crippen molar-refractivity contribution in [2.45, 2.75) is 52.7 Å². The van der Waals surface area contributed by atoms with Gasteiger partial charge in [-0.3, -0.25) is 24.3 Å². The van der Waals surface area contributed by atoms with Gasteiger partial charge in [0.2, 0.25) is 0 Å². The predicted octanol–water partition coefficient (Wildman–Crippen LogP) is 5.48. The lowest BCUT2D eigenvalue weighted by Crippen LogP contribution is -2.50. The Hall–Kier alpha value is -4.53. The molecule has 4 aromatic carbocycles. The minimum atomic E-state index is -0.581. The van der Waals surface area contributed by atoms with E-state index in [1.54, 1.807) is 14.2 Å². The highest BCUT2D eigenvalue weighted by atomic mass is 35.5. The van der Waals surface area contributed by atoms with E-state index in [0.717, 1.165) is 63.5 Å². The number of piperazine rings is 2. The fraction of sp³-hybridized carbons (Fsp3) is 0.480. The Labute approximate surface area is 380 Å². The molecular weight excluding hydrogens is 820 g/mol. The van der Waals surface area contributed by atoms with Gasteiger partial charge < -0.3 is 34.5 Å². The summed E-state index contributed by atoms with van der Waals surface area (Å²) >= 11 is 5.46. The van der Waals surface area contributed by atoms with Crippen LogP contribution in [0.5, 0.6) is 23.0 Å². The second-order valence-electron chi connectivity index (χ2n) is 16.2. The summed E-state index contributed by atoms with van der Waals surface area (Å²) in [5, 5.41) is 23.7. The molecule has 3 N–H and O–H groups in total. The maximum atomic E-state index is 12.6. The van der Waals surface area contributed by atoms with Gasteiger partial charge >= 0.3 is 0 Å². The molecule has 4 aromatic rings. The number of β-amino-alcohol motifs (C(OH)–C–C–N with tert-alkyl or cyclic N) is 2. The minimum Gasteiger partial charge on any atom is -0.493 e. The highest BCUT2D eigenvalue weighted by molar-refractivity contribution is 6.27. The van der Waals surface area contributed by atoms with E-state index in [4.69, 9.17) is 30.5 Å². The summed E-state index contributed by atoms with van der Waals surface area (Å²) in [5.41, 5.74) is 6.97. The van der Waals surface area contributed by atoms with Crippen molar-refractivity contribution >= 4 is 23.2 Å². The van der Waals surface area contributed by atoms with Crippen LogP contribution in [0.1, 0.15) is 33.4 Å². The number of hydrogen-bond donors (Lipinski definition) is 3. The van der Waals surface area contributed by atoms with E-state index in [1.807, 2.05) is 86.6 Å². The Kier molecular flexibility index (Phi) is 22.4. The standard InChI is InChI=1S/C25H34N2O4.C14H22N2O3.C11H13ClO/c1-19-7-6-8-20(2)23(19)15-21(28)16-26-11-13-27(14-12-26)17-22(29)18-31-25-10-5-4-9-24(25)30-3;1-18-13-4-2-3-5-14(13)19-11-12(17)10-16-8-6-15-7-9-16;1-8-4-3-5-9(2)11(8)6-10(13)7-12/h4-10,22,29H,11-18H2,1-3H3;2-5,12,15,17H,6-11H2,1H3;3-5H,6-7H2,1-2H3. The van der Waals surface area contributed by atoms with Gasteiger partial charge in [0.15, 0.2) is 34.6 Å². The average Bonchev–Trinajstić information content (AvgIpc) is 3.29. The Bertz CT molecular complexity index is 1950.